The molecule has 0 spiro atoms. The molecule has 0 amide bonds. The fourth-order valence-corrected chi connectivity index (χ4v) is 0. The molecule has 0 aliphatic carbocycles. The Bertz CT molecular complexity index is 90.1. The molecule has 5 heavy (non-hydrogen) atoms. The molecule has 3 N–H and O–H groups in total. The van der Waals surface area contributed by atoms with Gasteiger partial charge in [0.2, 0.25) is 0 Å². The molecule has 0 aromatic heterocycles. The number of hydrogen-bond acceptors (Lipinski definition) is 3. The van der Waals surface area contributed by atoms with Gasteiger partial charge in [-0.2, -0.15) is 0 Å². The van der Waals surface area contributed by atoms with E-state index in [0.717, 1.165) is 0 Å². The summed E-state index contributed by atoms with van der Waals surface area (Å²) in [5.41, 5.74) is 0. The van der Waals surface area contributed by atoms with Crippen LogP contribution in [0.3, 0.4) is 0 Å². The topological polar surface area (TPSA) is 84.8 Å². The SMILES string of the molecule is [NH3+][V](=[O])(=[O])[O-]. The van der Waals surface area contributed by atoms with Crippen LogP contribution in [0.15, 0.2) is 0 Å². The van der Waals surface area contributed by atoms with Gasteiger partial charge in [0.15, 0.2) is 0 Å². The van der Waals surface area contributed by atoms with Gasteiger partial charge in [-0.15, -0.1) is 0 Å². The van der Waals surface area contributed by atoms with Crippen molar-refractivity contribution >= 4 is 0 Å². The molecule has 0 aliphatic rings. The van der Waals surface area contributed by atoms with Crippen molar-refractivity contribution in [2.75, 3.05) is 0 Å². The molecule has 0 unspecified atom stereocenters. The van der Waals surface area contributed by atoms with Crippen LogP contribution in [0, 0.1) is 0 Å². The van der Waals surface area contributed by atoms with E-state index in [-0.39, 0.29) is 0 Å². The summed E-state index contributed by atoms with van der Waals surface area (Å²) in [4.78, 5) is 0. The fraction of sp³-hybridized carbons (Fsp3) is 0. The molecule has 0 aromatic rings. The molecule has 0 aliphatic heterocycles. The third kappa shape index (κ3) is 1670. The average Bonchev–Trinajstić information content (AvgIpc) is 0.722. The first-order valence-corrected chi connectivity index (χ1v) is 3.56. The summed E-state index contributed by atoms with van der Waals surface area (Å²) in [6.07, 6.45) is 0. The zero-order valence-corrected chi connectivity index (χ0v) is 3.78. The molecule has 0 heterocycles. The zero-order chi connectivity index (χ0) is 4.50. The van der Waals surface area contributed by atoms with Crippen molar-refractivity contribution in [2.24, 2.45) is 0 Å². The predicted molar refractivity (Wildman–Crippen MR) is 4.26 cm³/mol. The monoisotopic (exact) mass is 116 g/mol. The fourth-order valence-electron chi connectivity index (χ4n) is 0. The molecule has 0 fully saturated rings. The molecule has 0 atom stereocenters. The number of quaternary nitrogens is 1. The van der Waals surface area contributed by atoms with Gasteiger partial charge in [0.1, 0.15) is 0 Å². The van der Waals surface area contributed by atoms with Gasteiger partial charge in [0.25, 0.3) is 0 Å². The Balaban J connectivity index is 4.06. The Labute approximate surface area is 31.3 Å². The Morgan fingerprint density at radius 1 is 1.60 bits per heavy atom. The van der Waals surface area contributed by atoms with E-state index in [1.54, 1.807) is 0 Å². The van der Waals surface area contributed by atoms with Crippen LogP contribution >= 0.6 is 0 Å². The zero-order valence-electron chi connectivity index (χ0n) is 2.38. The van der Waals surface area contributed by atoms with E-state index >= 15 is 0 Å². The molecule has 0 saturated carbocycles. The molecule has 5 heteroatoms. The second kappa shape index (κ2) is 1.06. The van der Waals surface area contributed by atoms with Gasteiger partial charge in [-0.3, -0.25) is 0 Å². The first-order valence-electron chi connectivity index (χ1n) is 0.864. The van der Waals surface area contributed by atoms with Gasteiger partial charge in [-0.25, -0.2) is 0 Å². The van der Waals surface area contributed by atoms with E-state index in [1.165, 1.54) is 0 Å². The average molecular weight is 116 g/mol. The van der Waals surface area contributed by atoms with E-state index in [0.29, 0.717) is 0 Å². The predicted octanol–water partition coefficient (Wildman–Crippen LogP) is -2.74. The minimum absolute atomic E-state index is 2.28. The van der Waals surface area contributed by atoms with E-state index in [4.69, 9.17) is 11.4 Å². The summed E-state index contributed by atoms with van der Waals surface area (Å²) in [6, 6.07) is 0. The maximum atomic E-state index is 9.05. The molecule has 0 bridgehead atoms. The van der Waals surface area contributed by atoms with E-state index < -0.39 is 14.5 Å². The van der Waals surface area contributed by atoms with Crippen molar-refractivity contribution in [3.05, 3.63) is 0 Å². The Hall–Kier alpha value is 0.104. The van der Waals surface area contributed by atoms with E-state index in [1.807, 2.05) is 0 Å². The van der Waals surface area contributed by atoms with Gasteiger partial charge in [-0.05, 0) is 0 Å². The summed E-state index contributed by atoms with van der Waals surface area (Å²) in [7, 11) is 0. The van der Waals surface area contributed by atoms with Crippen LogP contribution in [0.25, 0.3) is 0 Å². The summed E-state index contributed by atoms with van der Waals surface area (Å²) in [5.74, 6) is 0. The summed E-state index contributed by atoms with van der Waals surface area (Å²) in [6.45, 7) is 0. The standard InChI is InChI=1S/H3N.3O.V/h1H3;;;;/q;;;-1;+1. The third-order valence-electron chi connectivity index (χ3n) is 0. The second-order valence-electron chi connectivity index (χ2n) is 0.611. The van der Waals surface area contributed by atoms with Crippen LogP contribution in [0.5, 0.6) is 0 Å². The van der Waals surface area contributed by atoms with E-state index in [2.05, 4.69) is 4.58 Å². The molecule has 0 radical (unpaired) electrons. The normalized spacial score (nSPS) is 11.6. The molecule has 31 valence electrons. The van der Waals surface area contributed by atoms with Crippen LogP contribution in [-0.2, 0) is 21.8 Å². The van der Waals surface area contributed by atoms with Crippen molar-refractivity contribution in [3.8, 4) is 0 Å². The molecule has 4 nitrogen and oxygen atoms in total. The first kappa shape index (κ1) is 5.10. The first-order chi connectivity index (χ1) is 2.00. The van der Waals surface area contributed by atoms with Crippen molar-refractivity contribution in [1.82, 2.24) is 0 Å². The van der Waals surface area contributed by atoms with Crippen LogP contribution in [0.1, 0.15) is 0 Å². The van der Waals surface area contributed by atoms with Crippen molar-refractivity contribution in [3.63, 3.8) is 0 Å². The summed E-state index contributed by atoms with van der Waals surface area (Å²) < 4.78 is 29.4. The summed E-state index contributed by atoms with van der Waals surface area (Å²) >= 11 is -4.88. The Kier molecular flexibility index (Phi) is 1.08. The molecular weight excluding hydrogens is 113 g/mol. The third-order valence-corrected chi connectivity index (χ3v) is 0. The van der Waals surface area contributed by atoms with Crippen LogP contribution in [0.4, 0.5) is 0 Å². The van der Waals surface area contributed by atoms with Crippen LogP contribution < -0.4 is 8.61 Å². The Morgan fingerprint density at radius 2 is 1.60 bits per heavy atom. The van der Waals surface area contributed by atoms with Crippen LogP contribution in [-0.4, -0.2) is 0 Å². The quantitative estimate of drug-likeness (QED) is 0.372. The van der Waals surface area contributed by atoms with Crippen molar-refractivity contribution in [1.29, 1.82) is 0 Å². The molecule has 0 rings (SSSR count). The van der Waals surface area contributed by atoms with Gasteiger partial charge in [-0.1, -0.05) is 0 Å². The number of hydrogen-bond donors (Lipinski definition) is 1. The number of rotatable bonds is 0. The van der Waals surface area contributed by atoms with Gasteiger partial charge >= 0.3 is 30.5 Å². The van der Waals surface area contributed by atoms with Crippen LogP contribution in [0.2, 0.25) is 0 Å². The summed E-state index contributed by atoms with van der Waals surface area (Å²) in [5, 5.41) is 0. The van der Waals surface area contributed by atoms with Gasteiger partial charge in [0, 0.05) is 0 Å². The molecular formula is H3NO3V. The van der Waals surface area contributed by atoms with Gasteiger partial charge < -0.3 is 0 Å². The van der Waals surface area contributed by atoms with Gasteiger partial charge in [0.05, 0.1) is 0 Å². The van der Waals surface area contributed by atoms with E-state index in [9.17, 15) is 0 Å². The maximum absolute atomic E-state index is 9.05. The molecule has 0 aromatic carbocycles. The van der Waals surface area contributed by atoms with Crippen molar-refractivity contribution < 1.29 is 30.5 Å². The second-order valence-corrected chi connectivity index (χ2v) is 2.52. The van der Waals surface area contributed by atoms with Crippen molar-refractivity contribution in [2.45, 2.75) is 0 Å². The Morgan fingerprint density at radius 3 is 1.60 bits per heavy atom. The molecule has 0 saturated heterocycles. The minimum atomic E-state index is -4.88.